The highest BCUT2D eigenvalue weighted by Gasteiger charge is 2.10. The smallest absolute Gasteiger partial charge is 0.146 e. The maximum Gasteiger partial charge on any atom is 0.146 e. The monoisotopic (exact) mass is 289 g/mol. The fourth-order valence-corrected chi connectivity index (χ4v) is 1.90. The first-order chi connectivity index (χ1) is 9.65. The van der Waals surface area contributed by atoms with Crippen LogP contribution in [0.2, 0.25) is 0 Å². The molecule has 1 heterocycles. The molecule has 0 saturated carbocycles. The first-order valence-electron chi connectivity index (χ1n) is 5.89. The molecule has 0 radical (unpaired) electrons. The van der Waals surface area contributed by atoms with Gasteiger partial charge in [0.25, 0.3) is 0 Å². The Balaban J connectivity index is 2.37. The number of benzene rings is 1. The summed E-state index contributed by atoms with van der Waals surface area (Å²) in [5.74, 6) is 1.94. The van der Waals surface area contributed by atoms with E-state index in [1.54, 1.807) is 32.5 Å². The Labute approximate surface area is 122 Å². The lowest BCUT2D eigenvalue weighted by molar-refractivity contribution is 0.395. The summed E-state index contributed by atoms with van der Waals surface area (Å²) in [5.41, 5.74) is 7.12. The molecule has 0 atom stereocenters. The third kappa shape index (κ3) is 2.97. The van der Waals surface area contributed by atoms with Crippen molar-refractivity contribution in [2.75, 3.05) is 19.5 Å². The number of thiocarbonyl (C=S) groups is 1. The quantitative estimate of drug-likeness (QED) is 0.824. The maximum absolute atomic E-state index is 5.68. The molecule has 104 valence electrons. The second-order valence-electron chi connectivity index (χ2n) is 3.96. The molecule has 1 aromatic carbocycles. The van der Waals surface area contributed by atoms with E-state index in [1.807, 2.05) is 18.2 Å². The van der Waals surface area contributed by atoms with Gasteiger partial charge in [0, 0.05) is 12.3 Å². The molecule has 0 amide bonds. The minimum Gasteiger partial charge on any atom is -0.497 e. The van der Waals surface area contributed by atoms with Gasteiger partial charge >= 0.3 is 0 Å². The molecule has 0 spiro atoms. The zero-order valence-electron chi connectivity index (χ0n) is 11.2. The standard InChI is InChI=1S/C14H15N3O2S/c1-18-9-5-6-11(12(8-9)19-2)17-14-10(13(15)20)4-3-7-16-14/h3-8H,1-2H3,(H2,15,20)(H,16,17). The summed E-state index contributed by atoms with van der Waals surface area (Å²) in [6.45, 7) is 0. The van der Waals surface area contributed by atoms with Crippen LogP contribution in [-0.2, 0) is 0 Å². The van der Waals surface area contributed by atoms with Gasteiger partial charge in [0.15, 0.2) is 0 Å². The van der Waals surface area contributed by atoms with E-state index in [9.17, 15) is 0 Å². The summed E-state index contributed by atoms with van der Waals surface area (Å²) < 4.78 is 10.5. The van der Waals surface area contributed by atoms with Crippen molar-refractivity contribution in [1.82, 2.24) is 4.98 Å². The van der Waals surface area contributed by atoms with Crippen LogP contribution in [-0.4, -0.2) is 24.2 Å². The van der Waals surface area contributed by atoms with Gasteiger partial charge in [0.2, 0.25) is 0 Å². The molecule has 6 heteroatoms. The number of nitrogens with two attached hydrogens (primary N) is 1. The Morgan fingerprint density at radius 3 is 2.70 bits per heavy atom. The van der Waals surface area contributed by atoms with Crippen molar-refractivity contribution in [3.63, 3.8) is 0 Å². The first-order valence-corrected chi connectivity index (χ1v) is 6.30. The molecule has 1 aromatic heterocycles. The Hall–Kier alpha value is -2.34. The van der Waals surface area contributed by atoms with Crippen molar-refractivity contribution >= 4 is 28.7 Å². The van der Waals surface area contributed by atoms with Crippen molar-refractivity contribution in [2.45, 2.75) is 0 Å². The Bertz CT molecular complexity index is 632. The molecule has 0 aliphatic rings. The summed E-state index contributed by atoms with van der Waals surface area (Å²) in [6, 6.07) is 9.05. The molecule has 2 aromatic rings. The third-order valence-electron chi connectivity index (χ3n) is 2.73. The molecular formula is C14H15N3O2S. The number of hydrogen-bond donors (Lipinski definition) is 2. The fraction of sp³-hybridized carbons (Fsp3) is 0.143. The molecule has 2 rings (SSSR count). The van der Waals surface area contributed by atoms with Crippen molar-refractivity contribution in [3.05, 3.63) is 42.1 Å². The van der Waals surface area contributed by atoms with Crippen LogP contribution in [0.3, 0.4) is 0 Å². The van der Waals surface area contributed by atoms with Crippen molar-refractivity contribution in [2.24, 2.45) is 5.73 Å². The van der Waals surface area contributed by atoms with Crippen LogP contribution in [0.5, 0.6) is 11.5 Å². The molecule has 5 nitrogen and oxygen atoms in total. The number of pyridine rings is 1. The molecule has 0 unspecified atom stereocenters. The number of methoxy groups -OCH3 is 2. The highest BCUT2D eigenvalue weighted by molar-refractivity contribution is 7.80. The molecule has 0 bridgehead atoms. The third-order valence-corrected chi connectivity index (χ3v) is 2.95. The average molecular weight is 289 g/mol. The van der Waals surface area contributed by atoms with Crippen LogP contribution in [0.4, 0.5) is 11.5 Å². The molecule has 0 saturated heterocycles. The van der Waals surface area contributed by atoms with Crippen LogP contribution in [0.1, 0.15) is 5.56 Å². The Morgan fingerprint density at radius 1 is 1.25 bits per heavy atom. The van der Waals surface area contributed by atoms with Gasteiger partial charge in [0.05, 0.1) is 25.5 Å². The zero-order valence-corrected chi connectivity index (χ0v) is 12.0. The number of nitrogens with one attached hydrogen (secondary N) is 1. The summed E-state index contributed by atoms with van der Waals surface area (Å²) in [6.07, 6.45) is 1.67. The normalized spacial score (nSPS) is 9.90. The van der Waals surface area contributed by atoms with Gasteiger partial charge in [0.1, 0.15) is 22.3 Å². The predicted molar refractivity (Wildman–Crippen MR) is 83.0 cm³/mol. The molecular weight excluding hydrogens is 274 g/mol. The van der Waals surface area contributed by atoms with Crippen LogP contribution in [0.15, 0.2) is 36.5 Å². The fourth-order valence-electron chi connectivity index (χ4n) is 1.73. The van der Waals surface area contributed by atoms with E-state index in [0.717, 1.165) is 5.69 Å². The first kappa shape index (κ1) is 14.1. The van der Waals surface area contributed by atoms with Crippen LogP contribution >= 0.6 is 12.2 Å². The highest BCUT2D eigenvalue weighted by atomic mass is 32.1. The minimum absolute atomic E-state index is 0.285. The molecule has 0 fully saturated rings. The van der Waals surface area contributed by atoms with Gasteiger partial charge in [-0.3, -0.25) is 0 Å². The van der Waals surface area contributed by atoms with Gasteiger partial charge < -0.3 is 20.5 Å². The SMILES string of the molecule is COc1ccc(Nc2ncccc2C(N)=S)c(OC)c1. The van der Waals surface area contributed by atoms with Crippen LogP contribution < -0.4 is 20.5 Å². The number of nitrogens with zero attached hydrogens (tertiary/aromatic N) is 1. The van der Waals surface area contributed by atoms with E-state index in [4.69, 9.17) is 27.4 Å². The molecule has 0 aliphatic carbocycles. The van der Waals surface area contributed by atoms with Gasteiger partial charge in [-0.25, -0.2) is 4.98 Å². The molecule has 3 N–H and O–H groups in total. The van der Waals surface area contributed by atoms with E-state index in [0.29, 0.717) is 22.9 Å². The average Bonchev–Trinajstić information content (AvgIpc) is 2.48. The number of ether oxygens (including phenoxy) is 2. The second kappa shape index (κ2) is 6.21. The van der Waals surface area contributed by atoms with Gasteiger partial charge in [-0.2, -0.15) is 0 Å². The number of anilines is 2. The molecule has 20 heavy (non-hydrogen) atoms. The van der Waals surface area contributed by atoms with Crippen molar-refractivity contribution in [1.29, 1.82) is 0 Å². The predicted octanol–water partition coefficient (Wildman–Crippen LogP) is 2.48. The van der Waals surface area contributed by atoms with E-state index >= 15 is 0 Å². The van der Waals surface area contributed by atoms with E-state index in [-0.39, 0.29) is 4.99 Å². The van der Waals surface area contributed by atoms with Gasteiger partial charge in [-0.15, -0.1) is 0 Å². The van der Waals surface area contributed by atoms with E-state index < -0.39 is 0 Å². The largest absolute Gasteiger partial charge is 0.497 e. The molecule has 0 aliphatic heterocycles. The van der Waals surface area contributed by atoms with Crippen molar-refractivity contribution in [3.8, 4) is 11.5 Å². The number of hydrogen-bond acceptors (Lipinski definition) is 5. The zero-order chi connectivity index (χ0) is 14.5. The van der Waals surface area contributed by atoms with Gasteiger partial charge in [-0.1, -0.05) is 12.2 Å². The van der Waals surface area contributed by atoms with Crippen LogP contribution in [0, 0.1) is 0 Å². The summed E-state index contributed by atoms with van der Waals surface area (Å²) in [5, 5.41) is 3.17. The van der Waals surface area contributed by atoms with E-state index in [2.05, 4.69) is 10.3 Å². The number of rotatable bonds is 5. The van der Waals surface area contributed by atoms with Crippen molar-refractivity contribution < 1.29 is 9.47 Å². The lowest BCUT2D eigenvalue weighted by Gasteiger charge is -2.13. The summed E-state index contributed by atoms with van der Waals surface area (Å²) >= 11 is 5.01. The maximum atomic E-state index is 5.68. The van der Waals surface area contributed by atoms with E-state index in [1.165, 1.54) is 0 Å². The lowest BCUT2D eigenvalue weighted by atomic mass is 10.2. The topological polar surface area (TPSA) is 69.4 Å². The highest BCUT2D eigenvalue weighted by Crippen LogP contribution is 2.31. The lowest BCUT2D eigenvalue weighted by Crippen LogP contribution is -2.13. The second-order valence-corrected chi connectivity index (χ2v) is 4.39. The van der Waals surface area contributed by atoms with Gasteiger partial charge in [-0.05, 0) is 24.3 Å². The minimum atomic E-state index is 0.285. The summed E-state index contributed by atoms with van der Waals surface area (Å²) in [7, 11) is 3.19. The number of aromatic nitrogens is 1. The Morgan fingerprint density at radius 2 is 2.05 bits per heavy atom. The summed E-state index contributed by atoms with van der Waals surface area (Å²) in [4.78, 5) is 4.53. The van der Waals surface area contributed by atoms with Crippen LogP contribution in [0.25, 0.3) is 0 Å². The Kier molecular flexibility index (Phi) is 4.37.